The van der Waals surface area contributed by atoms with Crippen molar-refractivity contribution in [2.45, 2.75) is 19.8 Å². The maximum Gasteiger partial charge on any atom is 0.260 e. The van der Waals surface area contributed by atoms with Crippen LogP contribution in [0.5, 0.6) is 11.5 Å². The fourth-order valence-electron chi connectivity index (χ4n) is 3.07. The number of piperidine rings is 1. The van der Waals surface area contributed by atoms with Crippen molar-refractivity contribution < 1.29 is 18.7 Å². The van der Waals surface area contributed by atoms with Crippen molar-refractivity contribution in [3.8, 4) is 11.5 Å². The topological polar surface area (TPSA) is 38.8 Å². The monoisotopic (exact) mass is 357 g/mol. The van der Waals surface area contributed by atoms with Gasteiger partial charge in [-0.15, -0.1) is 0 Å². The smallest absolute Gasteiger partial charge is 0.260 e. The Labute approximate surface area is 153 Å². The largest absolute Gasteiger partial charge is 0.490 e. The van der Waals surface area contributed by atoms with Gasteiger partial charge in [-0.2, -0.15) is 0 Å². The van der Waals surface area contributed by atoms with Gasteiger partial charge in [-0.25, -0.2) is 4.39 Å². The normalized spacial score (nSPS) is 17.0. The van der Waals surface area contributed by atoms with Gasteiger partial charge < -0.3 is 14.4 Å². The molecule has 138 valence electrons. The van der Waals surface area contributed by atoms with Gasteiger partial charge in [0.25, 0.3) is 5.91 Å². The Balaban J connectivity index is 1.47. The van der Waals surface area contributed by atoms with E-state index in [0.717, 1.165) is 24.9 Å². The van der Waals surface area contributed by atoms with Gasteiger partial charge in [-0.05, 0) is 44.0 Å². The van der Waals surface area contributed by atoms with E-state index in [0.29, 0.717) is 18.9 Å². The molecule has 1 heterocycles. The predicted octanol–water partition coefficient (Wildman–Crippen LogP) is 3.83. The van der Waals surface area contributed by atoms with Gasteiger partial charge in [0.05, 0.1) is 6.61 Å². The number of hydrogen-bond donors (Lipinski definition) is 0. The molecule has 26 heavy (non-hydrogen) atoms. The van der Waals surface area contributed by atoms with Crippen molar-refractivity contribution in [3.05, 3.63) is 59.9 Å². The Morgan fingerprint density at radius 2 is 1.92 bits per heavy atom. The van der Waals surface area contributed by atoms with Crippen molar-refractivity contribution in [2.75, 3.05) is 26.3 Å². The van der Waals surface area contributed by atoms with Crippen LogP contribution in [0.15, 0.2) is 48.5 Å². The zero-order valence-electron chi connectivity index (χ0n) is 15.0. The summed E-state index contributed by atoms with van der Waals surface area (Å²) in [5.41, 5.74) is 1.15. The number of ether oxygens (including phenoxy) is 2. The van der Waals surface area contributed by atoms with Gasteiger partial charge in [0.15, 0.2) is 18.2 Å². The lowest BCUT2D eigenvalue weighted by molar-refractivity contribution is -0.135. The second kappa shape index (κ2) is 8.70. The second-order valence-corrected chi connectivity index (χ2v) is 6.69. The zero-order valence-corrected chi connectivity index (χ0v) is 15.0. The first kappa shape index (κ1) is 18.2. The van der Waals surface area contributed by atoms with Crippen molar-refractivity contribution in [3.63, 3.8) is 0 Å². The number of nitrogens with zero attached hydrogens (tertiary/aromatic N) is 1. The molecule has 1 atom stereocenters. The highest BCUT2D eigenvalue weighted by Gasteiger charge is 2.24. The Bertz CT molecular complexity index is 732. The van der Waals surface area contributed by atoms with E-state index < -0.39 is 0 Å². The lowest BCUT2D eigenvalue weighted by atomic mass is 9.99. The maximum absolute atomic E-state index is 13.6. The summed E-state index contributed by atoms with van der Waals surface area (Å²) < 4.78 is 24.8. The lowest BCUT2D eigenvalue weighted by Gasteiger charge is -2.32. The molecule has 0 aromatic heterocycles. The van der Waals surface area contributed by atoms with Crippen LogP contribution in [0.1, 0.15) is 18.4 Å². The van der Waals surface area contributed by atoms with Crippen LogP contribution >= 0.6 is 0 Å². The summed E-state index contributed by atoms with van der Waals surface area (Å²) in [6, 6.07) is 14.0. The minimum atomic E-state index is -0.359. The first-order chi connectivity index (χ1) is 12.6. The van der Waals surface area contributed by atoms with Crippen LogP contribution in [0, 0.1) is 18.7 Å². The van der Waals surface area contributed by atoms with Gasteiger partial charge in [-0.3, -0.25) is 4.79 Å². The number of likely N-dealkylation sites (tertiary alicyclic amines) is 1. The molecule has 4 nitrogen and oxygen atoms in total. The Hall–Kier alpha value is -2.56. The molecule has 0 N–H and O–H groups in total. The van der Waals surface area contributed by atoms with Gasteiger partial charge in [-0.1, -0.05) is 29.8 Å². The number of hydrogen-bond acceptors (Lipinski definition) is 3. The molecule has 2 aromatic rings. The number of carbonyl (C=O) groups excluding carboxylic acids is 1. The van der Waals surface area contributed by atoms with E-state index >= 15 is 0 Å². The van der Waals surface area contributed by atoms with Crippen molar-refractivity contribution in [1.29, 1.82) is 0 Å². The summed E-state index contributed by atoms with van der Waals surface area (Å²) in [7, 11) is 0. The number of benzene rings is 2. The van der Waals surface area contributed by atoms with E-state index in [9.17, 15) is 9.18 Å². The third-order valence-electron chi connectivity index (χ3n) is 4.57. The van der Waals surface area contributed by atoms with Crippen LogP contribution in [0.25, 0.3) is 0 Å². The molecule has 0 radical (unpaired) electrons. The SMILES string of the molecule is Cc1ccc(OCC(=O)N2CCCC(COc3ccccc3F)C2)cc1. The van der Waals surface area contributed by atoms with Gasteiger partial charge in [0.1, 0.15) is 5.75 Å². The number of amides is 1. The number of carbonyl (C=O) groups is 1. The number of para-hydroxylation sites is 1. The average molecular weight is 357 g/mol. The highest BCUT2D eigenvalue weighted by atomic mass is 19.1. The third-order valence-corrected chi connectivity index (χ3v) is 4.57. The summed E-state index contributed by atoms with van der Waals surface area (Å²) in [6.07, 6.45) is 1.89. The predicted molar refractivity (Wildman–Crippen MR) is 97.9 cm³/mol. The molecule has 1 unspecified atom stereocenters. The number of halogens is 1. The fourth-order valence-corrected chi connectivity index (χ4v) is 3.07. The highest BCUT2D eigenvalue weighted by molar-refractivity contribution is 5.77. The average Bonchev–Trinajstić information content (AvgIpc) is 2.67. The van der Waals surface area contributed by atoms with E-state index in [4.69, 9.17) is 9.47 Å². The summed E-state index contributed by atoms with van der Waals surface area (Å²) >= 11 is 0. The van der Waals surface area contributed by atoms with Crippen molar-refractivity contribution in [2.24, 2.45) is 5.92 Å². The van der Waals surface area contributed by atoms with Crippen LogP contribution in [0.2, 0.25) is 0 Å². The molecule has 3 rings (SSSR count). The third kappa shape index (κ3) is 4.97. The number of rotatable bonds is 6. The lowest BCUT2D eigenvalue weighted by Crippen LogP contribution is -2.43. The standard InChI is InChI=1S/C21H24FNO3/c1-16-8-10-18(11-9-16)25-15-21(24)23-12-4-5-17(13-23)14-26-20-7-3-2-6-19(20)22/h2-3,6-11,17H,4-5,12-15H2,1H3. The maximum atomic E-state index is 13.6. The summed E-state index contributed by atoms with van der Waals surface area (Å²) in [4.78, 5) is 14.2. The molecule has 2 aromatic carbocycles. The van der Waals surface area contributed by atoms with Crippen LogP contribution < -0.4 is 9.47 Å². The molecule has 1 fully saturated rings. The molecule has 1 amide bonds. The van der Waals surface area contributed by atoms with Gasteiger partial charge >= 0.3 is 0 Å². The van der Waals surface area contributed by atoms with E-state index in [1.807, 2.05) is 36.1 Å². The molecule has 5 heteroatoms. The molecule has 0 spiro atoms. The minimum Gasteiger partial charge on any atom is -0.490 e. The van der Waals surface area contributed by atoms with E-state index in [2.05, 4.69) is 0 Å². The first-order valence-corrected chi connectivity index (χ1v) is 8.96. The molecule has 1 aliphatic heterocycles. The molecular weight excluding hydrogens is 333 g/mol. The molecule has 1 aliphatic rings. The quantitative estimate of drug-likeness (QED) is 0.789. The highest BCUT2D eigenvalue weighted by Crippen LogP contribution is 2.21. The van der Waals surface area contributed by atoms with Crippen molar-refractivity contribution >= 4 is 5.91 Å². The minimum absolute atomic E-state index is 0.0267. The first-order valence-electron chi connectivity index (χ1n) is 8.96. The van der Waals surface area contributed by atoms with E-state index in [1.165, 1.54) is 6.07 Å². The zero-order chi connectivity index (χ0) is 18.4. The van der Waals surface area contributed by atoms with Gasteiger partial charge in [0.2, 0.25) is 0 Å². The van der Waals surface area contributed by atoms with Crippen LogP contribution in [0.4, 0.5) is 4.39 Å². The summed E-state index contributed by atoms with van der Waals surface area (Å²) in [5, 5.41) is 0. The molecule has 0 bridgehead atoms. The second-order valence-electron chi connectivity index (χ2n) is 6.69. The van der Waals surface area contributed by atoms with Gasteiger partial charge in [0, 0.05) is 19.0 Å². The van der Waals surface area contributed by atoms with Crippen molar-refractivity contribution in [1.82, 2.24) is 4.90 Å². The van der Waals surface area contributed by atoms with Crippen LogP contribution in [-0.2, 0) is 4.79 Å². The number of aryl methyl sites for hydroxylation is 1. The summed E-state index contributed by atoms with van der Waals surface area (Å²) in [6.45, 7) is 3.79. The summed E-state index contributed by atoms with van der Waals surface area (Å²) in [5.74, 6) is 0.773. The Morgan fingerprint density at radius 1 is 1.15 bits per heavy atom. The van der Waals surface area contributed by atoms with Crippen LogP contribution in [0.3, 0.4) is 0 Å². The Kier molecular flexibility index (Phi) is 6.10. The fraction of sp³-hybridized carbons (Fsp3) is 0.381. The molecule has 0 saturated carbocycles. The molecule has 0 aliphatic carbocycles. The van der Waals surface area contributed by atoms with Crippen LogP contribution in [-0.4, -0.2) is 37.1 Å². The van der Waals surface area contributed by atoms with E-state index in [1.54, 1.807) is 18.2 Å². The molecule has 1 saturated heterocycles. The Morgan fingerprint density at radius 3 is 2.69 bits per heavy atom. The molecular formula is C21H24FNO3. The van der Waals surface area contributed by atoms with E-state index in [-0.39, 0.29) is 30.0 Å².